The van der Waals surface area contributed by atoms with Gasteiger partial charge in [-0.2, -0.15) is 0 Å². The van der Waals surface area contributed by atoms with Crippen LogP contribution in [0.4, 0.5) is 0 Å². The lowest BCUT2D eigenvalue weighted by atomic mass is 9.91. The van der Waals surface area contributed by atoms with E-state index >= 15 is 0 Å². The van der Waals surface area contributed by atoms with E-state index in [2.05, 4.69) is 71.4 Å². The highest BCUT2D eigenvalue weighted by Crippen LogP contribution is 2.23. The van der Waals surface area contributed by atoms with Crippen LogP contribution in [-0.4, -0.2) is 32.0 Å². The van der Waals surface area contributed by atoms with Crippen molar-refractivity contribution in [1.82, 2.24) is 16.0 Å². The molecule has 0 atom stereocenters. The molecule has 3 aromatic carbocycles. The second-order valence-corrected chi connectivity index (χ2v) is 7.23. The van der Waals surface area contributed by atoms with Crippen molar-refractivity contribution in [3.63, 3.8) is 0 Å². The first-order chi connectivity index (χ1) is 15.2. The minimum Gasteiger partial charge on any atom is -0.357 e. The van der Waals surface area contributed by atoms with Crippen LogP contribution >= 0.6 is 0 Å². The Labute approximate surface area is 184 Å². The molecule has 0 unspecified atom stereocenters. The van der Waals surface area contributed by atoms with Gasteiger partial charge >= 0.3 is 0 Å². The highest BCUT2D eigenvalue weighted by molar-refractivity contribution is 5.93. The summed E-state index contributed by atoms with van der Waals surface area (Å²) in [7, 11) is 1.63. The molecule has 0 fully saturated rings. The molecule has 3 N–H and O–H groups in total. The first-order valence-electron chi connectivity index (χ1n) is 10.6. The van der Waals surface area contributed by atoms with E-state index < -0.39 is 0 Å². The number of carbonyl (C=O) groups excluding carboxylic acids is 1. The second kappa shape index (κ2) is 11.6. The van der Waals surface area contributed by atoms with Crippen LogP contribution in [0.2, 0.25) is 0 Å². The number of hydrogen-bond acceptors (Lipinski definition) is 2. The van der Waals surface area contributed by atoms with E-state index in [-0.39, 0.29) is 11.8 Å². The van der Waals surface area contributed by atoms with Crippen LogP contribution in [0.25, 0.3) is 0 Å². The topological polar surface area (TPSA) is 65.5 Å². The summed E-state index contributed by atoms with van der Waals surface area (Å²) in [6.07, 6.45) is 0. The van der Waals surface area contributed by atoms with Crippen LogP contribution in [0.1, 0.15) is 39.9 Å². The van der Waals surface area contributed by atoms with Crippen LogP contribution in [-0.2, 0) is 6.54 Å². The molecular formula is C26H30N4O. The van der Waals surface area contributed by atoms with E-state index in [1.807, 2.05) is 36.4 Å². The number of rotatable bonds is 8. The van der Waals surface area contributed by atoms with Gasteiger partial charge in [-0.3, -0.25) is 4.79 Å². The lowest BCUT2D eigenvalue weighted by Gasteiger charge is -2.20. The van der Waals surface area contributed by atoms with Crippen molar-refractivity contribution in [1.29, 1.82) is 0 Å². The minimum absolute atomic E-state index is 0.0853. The average molecular weight is 415 g/mol. The van der Waals surface area contributed by atoms with Crippen LogP contribution in [0.5, 0.6) is 0 Å². The number of amides is 1. The number of hydrogen-bond donors (Lipinski definition) is 3. The Morgan fingerprint density at radius 2 is 1.42 bits per heavy atom. The second-order valence-electron chi connectivity index (χ2n) is 7.23. The summed E-state index contributed by atoms with van der Waals surface area (Å²) in [6, 6.07) is 28.6. The van der Waals surface area contributed by atoms with Gasteiger partial charge in [-0.15, -0.1) is 0 Å². The Morgan fingerprint density at radius 1 is 0.839 bits per heavy atom. The maximum Gasteiger partial charge on any atom is 0.251 e. The molecule has 1 amide bonds. The van der Waals surface area contributed by atoms with Gasteiger partial charge < -0.3 is 16.0 Å². The molecule has 0 saturated carbocycles. The van der Waals surface area contributed by atoms with Gasteiger partial charge in [-0.05, 0) is 35.7 Å². The predicted octanol–water partition coefficient (Wildman–Crippen LogP) is 3.93. The quantitative estimate of drug-likeness (QED) is 0.386. The fraction of sp³-hybridized carbons (Fsp3) is 0.231. The number of aliphatic imine (C=N–C) groups is 1. The van der Waals surface area contributed by atoms with Crippen LogP contribution < -0.4 is 16.0 Å². The van der Waals surface area contributed by atoms with Crippen LogP contribution in [0.15, 0.2) is 89.9 Å². The Morgan fingerprint density at radius 3 is 1.94 bits per heavy atom. The predicted molar refractivity (Wildman–Crippen MR) is 127 cm³/mol. The summed E-state index contributed by atoms with van der Waals surface area (Å²) >= 11 is 0. The van der Waals surface area contributed by atoms with Crippen molar-refractivity contribution in [2.45, 2.75) is 19.4 Å². The first-order valence-corrected chi connectivity index (χ1v) is 10.6. The van der Waals surface area contributed by atoms with E-state index in [0.717, 1.165) is 24.6 Å². The van der Waals surface area contributed by atoms with Gasteiger partial charge in [0.2, 0.25) is 0 Å². The monoisotopic (exact) mass is 414 g/mol. The SMILES string of the molecule is CCNC(=NCc1ccc(C(=O)NC)cc1)NCC(c1ccccc1)c1ccccc1. The summed E-state index contributed by atoms with van der Waals surface area (Å²) in [6.45, 7) is 4.10. The number of carbonyl (C=O) groups is 1. The zero-order valence-electron chi connectivity index (χ0n) is 18.1. The Balaban J connectivity index is 1.71. The summed E-state index contributed by atoms with van der Waals surface area (Å²) < 4.78 is 0. The van der Waals surface area contributed by atoms with Crippen molar-refractivity contribution in [2.75, 3.05) is 20.1 Å². The Bertz CT molecular complexity index is 930. The van der Waals surface area contributed by atoms with Crippen molar-refractivity contribution < 1.29 is 4.79 Å². The molecule has 31 heavy (non-hydrogen) atoms. The van der Waals surface area contributed by atoms with Crippen molar-refractivity contribution in [2.24, 2.45) is 4.99 Å². The number of guanidine groups is 1. The normalized spacial score (nSPS) is 11.3. The molecule has 0 saturated heterocycles. The minimum atomic E-state index is -0.0853. The third kappa shape index (κ3) is 6.44. The van der Waals surface area contributed by atoms with Gasteiger partial charge in [-0.25, -0.2) is 4.99 Å². The largest absolute Gasteiger partial charge is 0.357 e. The van der Waals surface area contributed by atoms with Crippen molar-refractivity contribution >= 4 is 11.9 Å². The number of nitrogens with one attached hydrogen (secondary N) is 3. The van der Waals surface area contributed by atoms with E-state index in [0.29, 0.717) is 12.1 Å². The summed E-state index contributed by atoms with van der Waals surface area (Å²) in [5, 5.41) is 9.46. The van der Waals surface area contributed by atoms with Crippen LogP contribution in [0.3, 0.4) is 0 Å². The molecule has 5 nitrogen and oxygen atoms in total. The molecule has 3 rings (SSSR count). The van der Waals surface area contributed by atoms with Gasteiger partial charge in [0, 0.05) is 31.6 Å². The zero-order chi connectivity index (χ0) is 21.9. The Hall–Kier alpha value is -3.60. The lowest BCUT2D eigenvalue weighted by Crippen LogP contribution is -2.39. The third-order valence-corrected chi connectivity index (χ3v) is 5.08. The molecule has 0 aliphatic heterocycles. The number of nitrogens with zero attached hydrogens (tertiary/aromatic N) is 1. The highest BCUT2D eigenvalue weighted by Gasteiger charge is 2.14. The fourth-order valence-electron chi connectivity index (χ4n) is 3.42. The third-order valence-electron chi connectivity index (χ3n) is 5.08. The van der Waals surface area contributed by atoms with Gasteiger partial charge in [0.15, 0.2) is 5.96 Å². The van der Waals surface area contributed by atoms with Crippen LogP contribution in [0, 0.1) is 0 Å². The van der Waals surface area contributed by atoms with Gasteiger partial charge in [0.25, 0.3) is 5.91 Å². The van der Waals surface area contributed by atoms with Gasteiger partial charge in [-0.1, -0.05) is 72.8 Å². The molecule has 5 heteroatoms. The molecule has 0 bridgehead atoms. The van der Waals surface area contributed by atoms with Gasteiger partial charge in [0.05, 0.1) is 6.54 Å². The van der Waals surface area contributed by atoms with Gasteiger partial charge in [0.1, 0.15) is 0 Å². The number of benzene rings is 3. The zero-order valence-corrected chi connectivity index (χ0v) is 18.1. The summed E-state index contributed by atoms with van der Waals surface area (Å²) in [5.74, 6) is 0.908. The molecule has 0 aromatic heterocycles. The van der Waals surface area contributed by atoms with E-state index in [1.54, 1.807) is 7.05 Å². The molecule has 160 valence electrons. The lowest BCUT2D eigenvalue weighted by molar-refractivity contribution is 0.0963. The van der Waals surface area contributed by atoms with E-state index in [4.69, 9.17) is 4.99 Å². The molecule has 3 aromatic rings. The van der Waals surface area contributed by atoms with E-state index in [1.165, 1.54) is 11.1 Å². The molecule has 0 radical (unpaired) electrons. The first kappa shape index (κ1) is 22.1. The van der Waals surface area contributed by atoms with E-state index in [9.17, 15) is 4.79 Å². The van der Waals surface area contributed by atoms with Crippen molar-refractivity contribution in [3.05, 3.63) is 107 Å². The highest BCUT2D eigenvalue weighted by atomic mass is 16.1. The average Bonchev–Trinajstić information content (AvgIpc) is 2.83. The maximum atomic E-state index is 11.7. The summed E-state index contributed by atoms with van der Waals surface area (Å²) in [5.41, 5.74) is 4.23. The molecule has 0 heterocycles. The maximum absolute atomic E-state index is 11.7. The molecular weight excluding hydrogens is 384 g/mol. The molecule has 0 spiro atoms. The summed E-state index contributed by atoms with van der Waals surface area (Å²) in [4.78, 5) is 16.4. The molecule has 0 aliphatic rings. The fourth-order valence-corrected chi connectivity index (χ4v) is 3.42. The molecule has 0 aliphatic carbocycles. The van der Waals surface area contributed by atoms with Crippen molar-refractivity contribution in [3.8, 4) is 0 Å². The standard InChI is InChI=1S/C26H30N4O/c1-3-28-26(29-18-20-14-16-23(17-15-20)25(31)27-2)30-19-24(21-10-6-4-7-11-21)22-12-8-5-9-13-22/h4-17,24H,3,18-19H2,1-2H3,(H,27,31)(H2,28,29,30). The smallest absolute Gasteiger partial charge is 0.251 e. The Kier molecular flexibility index (Phi) is 8.23.